The van der Waals surface area contributed by atoms with Crippen LogP contribution in [-0.4, -0.2) is 27.8 Å². The molecule has 0 fully saturated rings. The van der Waals surface area contributed by atoms with Crippen molar-refractivity contribution < 1.29 is 14.3 Å². The standard InChI is InChI=1S/C26H23N3O4S/c1-16-23(25(31)29(28(16)2)19-9-4-3-5-10-19)27-22(30)15-33-26(32)21-14-18-13-12-17-8-6-7-11-20(17)24(18)34-21/h3-11,14H,12-13,15H2,1-2H3,(H,27,30). The summed E-state index contributed by atoms with van der Waals surface area (Å²) in [6.07, 6.45) is 1.81. The van der Waals surface area contributed by atoms with E-state index in [1.54, 1.807) is 18.7 Å². The number of thiophene rings is 1. The fourth-order valence-electron chi connectivity index (χ4n) is 4.26. The third-order valence-corrected chi connectivity index (χ3v) is 7.28. The number of hydrogen-bond donors (Lipinski definition) is 1. The largest absolute Gasteiger partial charge is 0.451 e. The number of para-hydroxylation sites is 1. The van der Waals surface area contributed by atoms with Crippen LogP contribution < -0.4 is 10.9 Å². The highest BCUT2D eigenvalue weighted by Gasteiger charge is 2.23. The number of ether oxygens (including phenoxy) is 1. The lowest BCUT2D eigenvalue weighted by Gasteiger charge is -2.15. The van der Waals surface area contributed by atoms with Crippen molar-refractivity contribution in [1.82, 2.24) is 9.36 Å². The van der Waals surface area contributed by atoms with Gasteiger partial charge in [0.2, 0.25) is 0 Å². The minimum atomic E-state index is -0.564. The van der Waals surface area contributed by atoms with E-state index in [4.69, 9.17) is 4.74 Å². The van der Waals surface area contributed by atoms with Crippen molar-refractivity contribution in [1.29, 1.82) is 0 Å². The smallest absolute Gasteiger partial charge is 0.348 e. The Morgan fingerprint density at radius 2 is 1.74 bits per heavy atom. The van der Waals surface area contributed by atoms with Crippen molar-refractivity contribution in [3.63, 3.8) is 0 Å². The number of aryl methyl sites for hydroxylation is 2. The van der Waals surface area contributed by atoms with Gasteiger partial charge in [0.1, 0.15) is 10.6 Å². The molecule has 0 spiro atoms. The first-order valence-corrected chi connectivity index (χ1v) is 11.8. The minimum Gasteiger partial charge on any atom is -0.451 e. The van der Waals surface area contributed by atoms with Crippen LogP contribution >= 0.6 is 11.3 Å². The molecule has 0 aliphatic heterocycles. The average molecular weight is 474 g/mol. The van der Waals surface area contributed by atoms with E-state index >= 15 is 0 Å². The fourth-order valence-corrected chi connectivity index (χ4v) is 5.43. The Labute approximate surface area is 200 Å². The van der Waals surface area contributed by atoms with Gasteiger partial charge in [-0.15, -0.1) is 11.3 Å². The number of anilines is 1. The van der Waals surface area contributed by atoms with Crippen molar-refractivity contribution in [2.24, 2.45) is 7.05 Å². The Balaban J connectivity index is 1.28. The maximum Gasteiger partial charge on any atom is 0.348 e. The highest BCUT2D eigenvalue weighted by atomic mass is 32.1. The summed E-state index contributed by atoms with van der Waals surface area (Å²) in [7, 11) is 1.75. The molecule has 4 aromatic rings. The zero-order valence-corrected chi connectivity index (χ0v) is 19.6. The van der Waals surface area contributed by atoms with Gasteiger partial charge in [-0.05, 0) is 54.7 Å². The van der Waals surface area contributed by atoms with Crippen LogP contribution in [0.25, 0.3) is 16.1 Å². The molecule has 0 saturated heterocycles. The maximum absolute atomic E-state index is 12.9. The third-order valence-electron chi connectivity index (χ3n) is 6.09. The van der Waals surface area contributed by atoms with Crippen LogP contribution in [0, 0.1) is 6.92 Å². The van der Waals surface area contributed by atoms with E-state index in [-0.39, 0.29) is 11.2 Å². The van der Waals surface area contributed by atoms with E-state index in [2.05, 4.69) is 17.4 Å². The lowest BCUT2D eigenvalue weighted by Crippen LogP contribution is -2.25. The molecule has 0 bridgehead atoms. The fraction of sp³-hybridized carbons (Fsp3) is 0.192. The second kappa shape index (κ2) is 8.79. The molecule has 1 N–H and O–H groups in total. The number of carbonyl (C=O) groups excluding carboxylic acids is 2. The predicted octanol–water partition coefficient (Wildman–Crippen LogP) is 4.11. The van der Waals surface area contributed by atoms with Crippen LogP contribution in [0.3, 0.4) is 0 Å². The summed E-state index contributed by atoms with van der Waals surface area (Å²) in [5.74, 6) is -1.11. The van der Waals surface area contributed by atoms with Crippen molar-refractivity contribution in [2.45, 2.75) is 19.8 Å². The molecule has 0 unspecified atom stereocenters. The van der Waals surface area contributed by atoms with E-state index in [1.165, 1.54) is 21.6 Å². The molecule has 172 valence electrons. The van der Waals surface area contributed by atoms with Crippen molar-refractivity contribution in [3.8, 4) is 16.1 Å². The zero-order valence-electron chi connectivity index (χ0n) is 18.8. The number of amides is 1. The number of hydrogen-bond acceptors (Lipinski definition) is 5. The molecule has 34 heavy (non-hydrogen) atoms. The highest BCUT2D eigenvalue weighted by molar-refractivity contribution is 7.17. The first-order valence-electron chi connectivity index (χ1n) is 11.0. The van der Waals surface area contributed by atoms with Crippen molar-refractivity contribution in [2.75, 3.05) is 11.9 Å². The van der Waals surface area contributed by atoms with Crippen LogP contribution in [0.15, 0.2) is 65.5 Å². The summed E-state index contributed by atoms with van der Waals surface area (Å²) in [6, 6.07) is 19.2. The maximum atomic E-state index is 12.9. The predicted molar refractivity (Wildman–Crippen MR) is 132 cm³/mol. The van der Waals surface area contributed by atoms with Crippen LogP contribution in [0.2, 0.25) is 0 Å². The topological polar surface area (TPSA) is 82.3 Å². The van der Waals surface area contributed by atoms with Crippen LogP contribution in [-0.2, 0) is 29.4 Å². The molecule has 0 atom stereocenters. The normalized spacial score (nSPS) is 12.1. The highest BCUT2D eigenvalue weighted by Crippen LogP contribution is 2.39. The Hall–Kier alpha value is -3.91. The molecule has 8 heteroatoms. The van der Waals surface area contributed by atoms with Gasteiger partial charge in [-0.1, -0.05) is 42.5 Å². The number of nitrogens with zero attached hydrogens (tertiary/aromatic N) is 2. The molecule has 1 aliphatic rings. The van der Waals surface area contributed by atoms with Gasteiger partial charge in [0.15, 0.2) is 6.61 Å². The molecule has 2 aromatic carbocycles. The zero-order chi connectivity index (χ0) is 23.8. The van der Waals surface area contributed by atoms with E-state index in [1.807, 2.05) is 48.5 Å². The molecular formula is C26H23N3O4S. The van der Waals surface area contributed by atoms with E-state index < -0.39 is 18.5 Å². The van der Waals surface area contributed by atoms with Crippen LogP contribution in [0.5, 0.6) is 0 Å². The summed E-state index contributed by atoms with van der Waals surface area (Å²) in [5.41, 5.74) is 4.65. The molecule has 7 nitrogen and oxygen atoms in total. The van der Waals surface area contributed by atoms with Gasteiger partial charge >= 0.3 is 5.97 Å². The van der Waals surface area contributed by atoms with Gasteiger partial charge in [-0.2, -0.15) is 0 Å². The first kappa shape index (κ1) is 21.9. The molecule has 2 heterocycles. The summed E-state index contributed by atoms with van der Waals surface area (Å²) < 4.78 is 8.42. The SMILES string of the molecule is Cc1c(NC(=O)COC(=O)c2cc3c(s2)-c2ccccc2CC3)c(=O)n(-c2ccccc2)n1C. The molecular weight excluding hydrogens is 450 g/mol. The number of nitrogens with one attached hydrogen (secondary N) is 1. The number of benzene rings is 2. The Bertz CT molecular complexity index is 1460. The Morgan fingerprint density at radius 1 is 1.03 bits per heavy atom. The van der Waals surface area contributed by atoms with Crippen LogP contribution in [0.4, 0.5) is 5.69 Å². The molecule has 5 rings (SSSR count). The number of rotatable bonds is 5. The Morgan fingerprint density at radius 3 is 2.53 bits per heavy atom. The van der Waals surface area contributed by atoms with Crippen molar-refractivity contribution >= 4 is 28.9 Å². The quantitative estimate of drug-likeness (QED) is 0.443. The van der Waals surface area contributed by atoms with Gasteiger partial charge in [0.05, 0.1) is 11.4 Å². The van der Waals surface area contributed by atoms with Gasteiger partial charge in [-0.25, -0.2) is 9.48 Å². The second-order valence-electron chi connectivity index (χ2n) is 8.18. The van der Waals surface area contributed by atoms with E-state index in [0.29, 0.717) is 16.3 Å². The lowest BCUT2D eigenvalue weighted by molar-refractivity contribution is -0.119. The second-order valence-corrected chi connectivity index (χ2v) is 9.24. The van der Waals surface area contributed by atoms with Gasteiger partial charge in [-0.3, -0.25) is 14.3 Å². The number of aromatic nitrogens is 2. The molecule has 1 amide bonds. The number of carbonyl (C=O) groups is 2. The van der Waals surface area contributed by atoms with Gasteiger partial charge in [0, 0.05) is 11.9 Å². The third kappa shape index (κ3) is 3.86. The molecule has 2 aromatic heterocycles. The van der Waals surface area contributed by atoms with E-state index in [9.17, 15) is 14.4 Å². The average Bonchev–Trinajstić information content (AvgIpc) is 3.39. The minimum absolute atomic E-state index is 0.163. The summed E-state index contributed by atoms with van der Waals surface area (Å²) in [5, 5.41) is 2.61. The number of fused-ring (bicyclic) bond motifs is 3. The summed E-state index contributed by atoms with van der Waals surface area (Å²) in [6.45, 7) is 1.27. The van der Waals surface area contributed by atoms with Gasteiger partial charge < -0.3 is 10.1 Å². The first-order chi connectivity index (χ1) is 16.4. The lowest BCUT2D eigenvalue weighted by atomic mass is 9.91. The summed E-state index contributed by atoms with van der Waals surface area (Å²) in [4.78, 5) is 39.7. The Kier molecular flexibility index (Phi) is 5.67. The number of esters is 1. The van der Waals surface area contributed by atoms with Crippen molar-refractivity contribution in [3.05, 3.63) is 92.7 Å². The van der Waals surface area contributed by atoms with E-state index in [0.717, 1.165) is 28.8 Å². The van der Waals surface area contributed by atoms with Gasteiger partial charge in [0.25, 0.3) is 11.5 Å². The molecule has 0 radical (unpaired) electrons. The monoisotopic (exact) mass is 473 g/mol. The van der Waals surface area contributed by atoms with Crippen LogP contribution in [0.1, 0.15) is 26.5 Å². The summed E-state index contributed by atoms with van der Waals surface area (Å²) >= 11 is 1.39. The molecule has 1 aliphatic carbocycles. The molecule has 0 saturated carbocycles.